The molecule has 1 aromatic heterocycles. The molecule has 0 radical (unpaired) electrons. The first-order chi connectivity index (χ1) is 12.4. The Morgan fingerprint density at radius 1 is 1.12 bits per heavy atom. The summed E-state index contributed by atoms with van der Waals surface area (Å²) in [5, 5.41) is 11.8. The smallest absolute Gasteiger partial charge is 0.150 e. The van der Waals surface area contributed by atoms with Gasteiger partial charge >= 0.3 is 0 Å². The minimum Gasteiger partial charge on any atom is -0.388 e. The Balaban J connectivity index is 1.36. The number of aliphatic hydroxyl groups is 1. The Labute approximate surface area is 153 Å². The first-order valence-corrected chi connectivity index (χ1v) is 10.8. The van der Waals surface area contributed by atoms with Crippen molar-refractivity contribution >= 4 is 26.4 Å². The summed E-state index contributed by atoms with van der Waals surface area (Å²) in [4.78, 5) is 12.9. The molecule has 0 spiro atoms. The first kappa shape index (κ1) is 17.6. The van der Waals surface area contributed by atoms with Crippen LogP contribution in [0.4, 0.5) is 5.69 Å². The number of hydrogen-bond acceptors (Lipinski definition) is 7. The third-order valence-electron chi connectivity index (χ3n) is 5.50. The lowest BCUT2D eigenvalue weighted by Crippen LogP contribution is -2.54. The van der Waals surface area contributed by atoms with E-state index in [-0.39, 0.29) is 11.5 Å². The van der Waals surface area contributed by atoms with Crippen LogP contribution in [0.3, 0.4) is 0 Å². The van der Waals surface area contributed by atoms with Gasteiger partial charge in [0.2, 0.25) is 0 Å². The summed E-state index contributed by atoms with van der Waals surface area (Å²) in [6.07, 6.45) is 4.08. The predicted octanol–water partition coefficient (Wildman–Crippen LogP) is 0.692. The molecule has 2 fully saturated rings. The number of nitrogens with zero attached hydrogens (tertiary/aromatic N) is 4. The molecule has 2 aliphatic rings. The van der Waals surface area contributed by atoms with E-state index < -0.39 is 15.4 Å². The molecule has 3 heterocycles. The number of piperazine rings is 1. The maximum absolute atomic E-state index is 11.6. The molecular formula is C18H24N4O3S. The average Bonchev–Trinajstić information content (AvgIpc) is 2.65. The van der Waals surface area contributed by atoms with Crippen LogP contribution in [-0.2, 0) is 9.84 Å². The zero-order valence-electron chi connectivity index (χ0n) is 14.7. The molecule has 140 valence electrons. The van der Waals surface area contributed by atoms with Crippen molar-refractivity contribution in [2.75, 3.05) is 49.1 Å². The number of sulfone groups is 1. The molecular weight excluding hydrogens is 352 g/mol. The summed E-state index contributed by atoms with van der Waals surface area (Å²) in [5.41, 5.74) is 1.24. The van der Waals surface area contributed by atoms with Crippen LogP contribution in [0.1, 0.15) is 12.8 Å². The van der Waals surface area contributed by atoms with Gasteiger partial charge < -0.3 is 10.0 Å². The van der Waals surface area contributed by atoms with Gasteiger partial charge in [-0.05, 0) is 31.0 Å². The highest BCUT2D eigenvalue weighted by Crippen LogP contribution is 2.26. The molecule has 0 saturated carbocycles. The molecule has 8 heteroatoms. The molecule has 1 N–H and O–H groups in total. The van der Waals surface area contributed by atoms with Crippen molar-refractivity contribution in [3.05, 3.63) is 30.7 Å². The Kier molecular flexibility index (Phi) is 4.58. The van der Waals surface area contributed by atoms with Crippen LogP contribution < -0.4 is 4.90 Å². The second-order valence-corrected chi connectivity index (χ2v) is 9.71. The number of anilines is 1. The number of rotatable bonds is 3. The molecule has 26 heavy (non-hydrogen) atoms. The van der Waals surface area contributed by atoms with Crippen molar-refractivity contribution in [2.45, 2.75) is 18.4 Å². The van der Waals surface area contributed by atoms with E-state index in [1.54, 1.807) is 6.33 Å². The van der Waals surface area contributed by atoms with Gasteiger partial charge in [-0.2, -0.15) is 0 Å². The van der Waals surface area contributed by atoms with E-state index >= 15 is 0 Å². The molecule has 2 aliphatic heterocycles. The standard InChI is InChI=1S/C18H24N4O3S/c23-18(3-9-26(24,25)10-4-18)13-21-5-7-22(8-6-21)16-1-2-17-15(11-16)12-19-14-20-17/h1-2,11-12,14,23H,3-10,13H2. The Bertz CT molecular complexity index is 880. The fraction of sp³-hybridized carbons (Fsp3) is 0.556. The third kappa shape index (κ3) is 3.82. The normalized spacial score (nSPS) is 23.2. The maximum Gasteiger partial charge on any atom is 0.150 e. The Hall–Kier alpha value is -1.77. The fourth-order valence-corrected chi connectivity index (χ4v) is 5.41. The minimum atomic E-state index is -2.95. The largest absolute Gasteiger partial charge is 0.388 e. The van der Waals surface area contributed by atoms with Gasteiger partial charge in [0.05, 0.1) is 22.6 Å². The highest BCUT2D eigenvalue weighted by Gasteiger charge is 2.37. The van der Waals surface area contributed by atoms with E-state index in [4.69, 9.17) is 0 Å². The lowest BCUT2D eigenvalue weighted by molar-refractivity contribution is -0.00606. The molecule has 4 rings (SSSR count). The van der Waals surface area contributed by atoms with Crippen molar-refractivity contribution in [1.29, 1.82) is 0 Å². The van der Waals surface area contributed by atoms with Gasteiger partial charge in [-0.15, -0.1) is 0 Å². The second kappa shape index (κ2) is 6.75. The van der Waals surface area contributed by atoms with Crippen LogP contribution >= 0.6 is 0 Å². The van der Waals surface area contributed by atoms with Crippen molar-refractivity contribution in [2.24, 2.45) is 0 Å². The highest BCUT2D eigenvalue weighted by molar-refractivity contribution is 7.91. The zero-order chi connectivity index (χ0) is 18.2. The van der Waals surface area contributed by atoms with Crippen molar-refractivity contribution in [3.8, 4) is 0 Å². The summed E-state index contributed by atoms with van der Waals surface area (Å²) < 4.78 is 23.2. The SMILES string of the molecule is O=S1(=O)CCC(O)(CN2CCN(c3ccc4ncncc4c3)CC2)CC1. The number of aromatic nitrogens is 2. The monoisotopic (exact) mass is 376 g/mol. The molecule has 1 aromatic carbocycles. The van der Waals surface area contributed by atoms with Crippen molar-refractivity contribution in [3.63, 3.8) is 0 Å². The van der Waals surface area contributed by atoms with Gasteiger partial charge in [0.15, 0.2) is 9.84 Å². The van der Waals surface area contributed by atoms with Gasteiger partial charge in [0.25, 0.3) is 0 Å². The van der Waals surface area contributed by atoms with Gasteiger partial charge in [0, 0.05) is 50.0 Å². The zero-order valence-corrected chi connectivity index (χ0v) is 15.5. The summed E-state index contributed by atoms with van der Waals surface area (Å²) in [6.45, 7) is 4.04. The molecule has 2 aromatic rings. The van der Waals surface area contributed by atoms with Gasteiger partial charge in [-0.25, -0.2) is 18.4 Å². The Morgan fingerprint density at radius 2 is 1.85 bits per heavy atom. The lowest BCUT2D eigenvalue weighted by atomic mass is 9.96. The summed E-state index contributed by atoms with van der Waals surface area (Å²) in [6, 6.07) is 6.22. The number of fused-ring (bicyclic) bond motifs is 1. The van der Waals surface area contributed by atoms with E-state index in [1.807, 2.05) is 12.3 Å². The average molecular weight is 376 g/mol. The topological polar surface area (TPSA) is 86.6 Å². The van der Waals surface area contributed by atoms with Gasteiger partial charge in [0.1, 0.15) is 6.33 Å². The molecule has 0 bridgehead atoms. The molecule has 0 aliphatic carbocycles. The van der Waals surface area contributed by atoms with Gasteiger partial charge in [-0.1, -0.05) is 0 Å². The van der Waals surface area contributed by atoms with Crippen LogP contribution in [0, 0.1) is 0 Å². The minimum absolute atomic E-state index is 0.0998. The number of benzene rings is 1. The van der Waals surface area contributed by atoms with Crippen LogP contribution in [0.5, 0.6) is 0 Å². The Morgan fingerprint density at radius 3 is 2.58 bits per heavy atom. The second-order valence-electron chi connectivity index (χ2n) is 7.41. The van der Waals surface area contributed by atoms with Crippen LogP contribution in [-0.4, -0.2) is 78.2 Å². The van der Waals surface area contributed by atoms with E-state index in [1.165, 1.54) is 0 Å². The van der Waals surface area contributed by atoms with Crippen LogP contribution in [0.25, 0.3) is 10.9 Å². The molecule has 0 unspecified atom stereocenters. The quantitative estimate of drug-likeness (QED) is 0.843. The van der Waals surface area contributed by atoms with E-state index in [0.29, 0.717) is 19.4 Å². The summed E-state index contributed by atoms with van der Waals surface area (Å²) in [5.74, 6) is 0.200. The number of hydrogen-bond donors (Lipinski definition) is 1. The predicted molar refractivity (Wildman–Crippen MR) is 101 cm³/mol. The van der Waals surface area contributed by atoms with Crippen LogP contribution in [0.15, 0.2) is 30.7 Å². The van der Waals surface area contributed by atoms with Crippen molar-refractivity contribution in [1.82, 2.24) is 14.9 Å². The molecule has 0 atom stereocenters. The summed E-state index contributed by atoms with van der Waals surface area (Å²) in [7, 11) is -2.95. The lowest BCUT2D eigenvalue weighted by Gasteiger charge is -2.41. The van der Waals surface area contributed by atoms with Gasteiger partial charge in [-0.3, -0.25) is 4.90 Å². The fourth-order valence-electron chi connectivity index (χ4n) is 3.83. The van der Waals surface area contributed by atoms with E-state index in [9.17, 15) is 13.5 Å². The van der Waals surface area contributed by atoms with Crippen molar-refractivity contribution < 1.29 is 13.5 Å². The van der Waals surface area contributed by atoms with Crippen LogP contribution in [0.2, 0.25) is 0 Å². The van der Waals surface area contributed by atoms with E-state index in [2.05, 4.69) is 31.9 Å². The maximum atomic E-state index is 11.6. The molecule has 2 saturated heterocycles. The summed E-state index contributed by atoms with van der Waals surface area (Å²) >= 11 is 0. The highest BCUT2D eigenvalue weighted by atomic mass is 32.2. The molecule has 7 nitrogen and oxygen atoms in total. The first-order valence-electron chi connectivity index (χ1n) is 9.02. The van der Waals surface area contributed by atoms with E-state index in [0.717, 1.165) is 42.8 Å². The molecule has 0 amide bonds. The number of β-amino-alcohol motifs (C(OH)–C–C–N with tert-alkyl or cyclic N) is 1. The third-order valence-corrected chi connectivity index (χ3v) is 7.15.